The molecule has 2 aromatic rings. The van der Waals surface area contributed by atoms with Gasteiger partial charge in [0.05, 0.1) is 28.5 Å². The van der Waals surface area contributed by atoms with E-state index >= 15 is 0 Å². The van der Waals surface area contributed by atoms with Gasteiger partial charge in [-0.1, -0.05) is 17.4 Å². The van der Waals surface area contributed by atoms with Crippen LogP contribution in [-0.2, 0) is 24.4 Å². The number of azo groups is 1. The van der Waals surface area contributed by atoms with E-state index in [1.54, 1.807) is 0 Å². The van der Waals surface area contributed by atoms with Crippen LogP contribution in [0.3, 0.4) is 0 Å². The van der Waals surface area contributed by atoms with Crippen molar-refractivity contribution in [3.05, 3.63) is 35.9 Å². The van der Waals surface area contributed by atoms with Gasteiger partial charge in [-0.15, -0.1) is 10.2 Å². The number of rotatable bonds is 7. The molecule has 1 aromatic heterocycles. The molecule has 0 fully saturated rings. The first-order valence-corrected chi connectivity index (χ1v) is 10.6. The summed E-state index contributed by atoms with van der Waals surface area (Å²) in [5.74, 6) is -0.652. The van der Waals surface area contributed by atoms with E-state index in [9.17, 15) is 16.8 Å². The van der Waals surface area contributed by atoms with Crippen molar-refractivity contribution in [3.63, 3.8) is 0 Å². The van der Waals surface area contributed by atoms with Crippen molar-refractivity contribution in [1.29, 1.82) is 5.26 Å². The van der Waals surface area contributed by atoms with E-state index in [4.69, 9.17) is 15.5 Å². The number of nitrogen functional groups attached to an aromatic ring is 1. The van der Waals surface area contributed by atoms with Gasteiger partial charge in [-0.05, 0) is 24.3 Å². The van der Waals surface area contributed by atoms with E-state index in [2.05, 4.69) is 14.4 Å². The van der Waals surface area contributed by atoms with Crippen molar-refractivity contribution < 1.29 is 25.6 Å². The number of hydrogen-bond donors (Lipinski definition) is 2. The Bertz CT molecular complexity index is 1080. The maximum Gasteiger partial charge on any atom is 0.397 e. The summed E-state index contributed by atoms with van der Waals surface area (Å²) in [6.45, 7) is -0.724. The first-order valence-electron chi connectivity index (χ1n) is 6.76. The molecular weight excluding hydrogens is 404 g/mol. The van der Waals surface area contributed by atoms with E-state index in [1.165, 1.54) is 30.3 Å². The molecule has 0 atom stereocenters. The maximum absolute atomic E-state index is 12.2. The number of nitriles is 1. The van der Waals surface area contributed by atoms with Gasteiger partial charge in [-0.3, -0.25) is 4.55 Å². The van der Waals surface area contributed by atoms with E-state index in [0.29, 0.717) is 10.0 Å². The highest BCUT2D eigenvalue weighted by atomic mass is 32.3. The fraction of sp³-hybridized carbons (Fsp3) is 0.154. The highest BCUT2D eigenvalue weighted by Crippen LogP contribution is 2.32. The number of nitrogens with zero attached hydrogens (tertiary/aromatic N) is 3. The summed E-state index contributed by atoms with van der Waals surface area (Å²) in [5.41, 5.74) is 6.13. The van der Waals surface area contributed by atoms with Gasteiger partial charge < -0.3 is 5.73 Å². The molecule has 0 unspecified atom stereocenters. The Kier molecular flexibility index (Phi) is 6.05. The molecule has 10 nitrogen and oxygen atoms in total. The molecule has 0 aliphatic heterocycles. The van der Waals surface area contributed by atoms with E-state index in [0.717, 1.165) is 11.3 Å². The lowest BCUT2D eigenvalue weighted by atomic mass is 10.3. The second-order valence-electron chi connectivity index (χ2n) is 4.74. The summed E-state index contributed by atoms with van der Waals surface area (Å²) in [6.07, 6.45) is 0. The first-order chi connectivity index (χ1) is 12.1. The number of thiophene rings is 1. The van der Waals surface area contributed by atoms with Crippen LogP contribution in [-0.4, -0.2) is 33.7 Å². The Morgan fingerprint density at radius 1 is 1.23 bits per heavy atom. The molecule has 3 N–H and O–H groups in total. The van der Waals surface area contributed by atoms with Crippen molar-refractivity contribution in [3.8, 4) is 6.07 Å². The minimum atomic E-state index is -4.71. The molecular formula is C13H12N4O6S3. The first kappa shape index (κ1) is 19.9. The number of sulfone groups is 1. The molecule has 138 valence electrons. The minimum absolute atomic E-state index is 0.115. The van der Waals surface area contributed by atoms with Crippen molar-refractivity contribution >= 4 is 47.3 Å². The molecule has 13 heteroatoms. The molecule has 1 aromatic carbocycles. The highest BCUT2D eigenvalue weighted by molar-refractivity contribution is 7.91. The van der Waals surface area contributed by atoms with Gasteiger partial charge in [-0.25, -0.2) is 12.6 Å². The summed E-state index contributed by atoms with van der Waals surface area (Å²) >= 11 is 1.06. The zero-order chi connectivity index (χ0) is 19.4. The largest absolute Gasteiger partial charge is 0.397 e. The summed E-state index contributed by atoms with van der Waals surface area (Å²) in [4.78, 5) is -0.115. The number of hydrogen-bond acceptors (Lipinski definition) is 10. The summed E-state index contributed by atoms with van der Waals surface area (Å²) in [6, 6.07) is 8.86. The van der Waals surface area contributed by atoms with Crippen molar-refractivity contribution in [2.24, 2.45) is 10.2 Å². The Morgan fingerprint density at radius 2 is 1.96 bits per heavy atom. The molecule has 0 bridgehead atoms. The van der Waals surface area contributed by atoms with Crippen LogP contribution in [0.2, 0.25) is 0 Å². The van der Waals surface area contributed by atoms with Crippen LogP contribution in [0.15, 0.2) is 45.5 Å². The third-order valence-corrected chi connectivity index (χ3v) is 5.88. The normalized spacial score (nSPS) is 12.3. The Balaban J connectivity index is 2.16. The van der Waals surface area contributed by atoms with Gasteiger partial charge in [0.1, 0.15) is 16.1 Å². The monoisotopic (exact) mass is 416 g/mol. The maximum atomic E-state index is 12.2. The molecule has 0 saturated carbocycles. The van der Waals surface area contributed by atoms with Crippen LogP contribution in [0.4, 0.5) is 15.7 Å². The summed E-state index contributed by atoms with van der Waals surface area (Å²) < 4.78 is 57.7. The van der Waals surface area contributed by atoms with E-state index < -0.39 is 32.6 Å². The molecule has 26 heavy (non-hydrogen) atoms. The lowest BCUT2D eigenvalue weighted by Gasteiger charge is -2.04. The second kappa shape index (κ2) is 7.89. The topological polar surface area (TPSA) is 172 Å². The summed E-state index contributed by atoms with van der Waals surface area (Å²) in [7, 11) is -8.57. The van der Waals surface area contributed by atoms with Gasteiger partial charge in [-0.2, -0.15) is 13.7 Å². The lowest BCUT2D eigenvalue weighted by Crippen LogP contribution is -2.15. The Labute approximate surface area is 153 Å². The zero-order valence-corrected chi connectivity index (χ0v) is 15.4. The van der Waals surface area contributed by atoms with E-state index in [-0.39, 0.29) is 16.1 Å². The van der Waals surface area contributed by atoms with Gasteiger partial charge >= 0.3 is 10.4 Å². The second-order valence-corrected chi connectivity index (χ2v) is 9.00. The third kappa shape index (κ3) is 5.58. The Hall–Kier alpha value is -2.37. The molecule has 0 spiro atoms. The van der Waals surface area contributed by atoms with E-state index in [1.807, 2.05) is 6.07 Å². The molecule has 0 amide bonds. The SMILES string of the molecule is N#Cc1cc(N=Nc2cccc(S(=O)(=O)CCOS(=O)(=O)O)c2)sc1N. The number of nitrogens with two attached hydrogens (primary N) is 1. The van der Waals surface area contributed by atoms with Crippen molar-refractivity contribution in [1.82, 2.24) is 0 Å². The van der Waals surface area contributed by atoms with Gasteiger partial charge in [0.2, 0.25) is 0 Å². The predicted molar refractivity (Wildman–Crippen MR) is 93.6 cm³/mol. The van der Waals surface area contributed by atoms with Crippen LogP contribution >= 0.6 is 11.3 Å². The minimum Gasteiger partial charge on any atom is -0.389 e. The molecule has 0 saturated heterocycles. The predicted octanol–water partition coefficient (Wildman–Crippen LogP) is 2.21. The smallest absolute Gasteiger partial charge is 0.389 e. The molecule has 0 aliphatic carbocycles. The number of anilines is 1. The lowest BCUT2D eigenvalue weighted by molar-refractivity contribution is 0.284. The van der Waals surface area contributed by atoms with Gasteiger partial charge in [0.25, 0.3) is 0 Å². The van der Waals surface area contributed by atoms with Crippen LogP contribution in [0.1, 0.15) is 5.56 Å². The molecule has 0 aliphatic rings. The average Bonchev–Trinajstić information content (AvgIpc) is 2.92. The van der Waals surface area contributed by atoms with Crippen molar-refractivity contribution in [2.75, 3.05) is 18.1 Å². The summed E-state index contributed by atoms with van der Waals surface area (Å²) in [5, 5.41) is 17.3. The zero-order valence-electron chi connectivity index (χ0n) is 12.9. The van der Waals surface area contributed by atoms with Crippen LogP contribution in [0, 0.1) is 11.3 Å². The quantitative estimate of drug-likeness (QED) is 0.510. The average molecular weight is 416 g/mol. The third-order valence-electron chi connectivity index (χ3n) is 2.89. The highest BCUT2D eigenvalue weighted by Gasteiger charge is 2.17. The van der Waals surface area contributed by atoms with Crippen LogP contribution in [0.5, 0.6) is 0 Å². The molecule has 0 radical (unpaired) electrons. The fourth-order valence-electron chi connectivity index (χ4n) is 1.74. The van der Waals surface area contributed by atoms with Gasteiger partial charge in [0.15, 0.2) is 9.84 Å². The van der Waals surface area contributed by atoms with Crippen LogP contribution < -0.4 is 5.73 Å². The standard InChI is InChI=1S/C13H12N4O6S3/c14-8-9-6-12(24-13(9)15)17-16-10-2-1-3-11(7-10)25(18,19)5-4-23-26(20,21)22/h1-3,6-7H,4-5,15H2,(H,20,21,22). The van der Waals surface area contributed by atoms with Crippen LogP contribution in [0.25, 0.3) is 0 Å². The Morgan fingerprint density at radius 3 is 2.58 bits per heavy atom. The molecule has 2 rings (SSSR count). The van der Waals surface area contributed by atoms with Gasteiger partial charge in [0, 0.05) is 0 Å². The molecule has 1 heterocycles. The number of benzene rings is 1. The fourth-order valence-corrected chi connectivity index (χ4v) is 3.96. The van der Waals surface area contributed by atoms with Crippen molar-refractivity contribution in [2.45, 2.75) is 4.90 Å².